The molecule has 1 atom stereocenters. The van der Waals surface area contributed by atoms with Gasteiger partial charge in [0.2, 0.25) is 5.78 Å². The van der Waals surface area contributed by atoms with Crippen LogP contribution in [0.15, 0.2) is 66.7 Å². The first-order valence-electron chi connectivity index (χ1n) is 11.0. The van der Waals surface area contributed by atoms with E-state index in [2.05, 4.69) is 19.9 Å². The molecule has 3 aromatic carbocycles. The Morgan fingerprint density at radius 2 is 1.48 bits per heavy atom. The average molecular weight is 438 g/mol. The number of nitrogens with zero attached hydrogens (tertiary/aromatic N) is 1. The van der Waals surface area contributed by atoms with Crippen LogP contribution in [-0.2, 0) is 4.74 Å². The predicted octanol–water partition coefficient (Wildman–Crippen LogP) is 6.56. The Hall–Kier alpha value is -3.79. The predicted molar refractivity (Wildman–Crippen MR) is 132 cm³/mol. The van der Waals surface area contributed by atoms with Crippen LogP contribution < -0.4 is 0 Å². The highest BCUT2D eigenvalue weighted by molar-refractivity contribution is 6.07. The quantitative estimate of drug-likeness (QED) is 0.262. The molecule has 0 amide bonds. The number of carbonyl (C=O) groups excluding carboxylic acids is 2. The molecule has 0 unspecified atom stereocenters. The summed E-state index contributed by atoms with van der Waals surface area (Å²) >= 11 is 0. The lowest BCUT2D eigenvalue weighted by Gasteiger charge is -2.15. The molecule has 0 aliphatic carbocycles. The lowest BCUT2D eigenvalue weighted by molar-refractivity contribution is 0.0320. The van der Waals surface area contributed by atoms with Crippen molar-refractivity contribution in [3.8, 4) is 11.3 Å². The van der Waals surface area contributed by atoms with Gasteiger partial charge < -0.3 is 4.74 Å². The molecule has 0 fully saturated rings. The molecule has 4 nitrogen and oxygen atoms in total. The molecule has 0 N–H and O–H groups in total. The third-order valence-corrected chi connectivity index (χ3v) is 5.98. The average Bonchev–Trinajstić information content (AvgIpc) is 2.80. The Labute approximate surface area is 194 Å². The van der Waals surface area contributed by atoms with Crippen molar-refractivity contribution in [2.24, 2.45) is 0 Å². The van der Waals surface area contributed by atoms with Crippen LogP contribution in [0.4, 0.5) is 0 Å². The van der Waals surface area contributed by atoms with Crippen LogP contribution >= 0.6 is 0 Å². The summed E-state index contributed by atoms with van der Waals surface area (Å²) in [6, 6.07) is 20.9. The second-order valence-electron chi connectivity index (χ2n) is 8.65. The van der Waals surface area contributed by atoms with Crippen molar-refractivity contribution in [3.05, 3.63) is 100 Å². The highest BCUT2D eigenvalue weighted by Gasteiger charge is 2.23. The summed E-state index contributed by atoms with van der Waals surface area (Å²) in [7, 11) is 0. The number of hydrogen-bond donors (Lipinski definition) is 0. The fourth-order valence-electron chi connectivity index (χ4n) is 3.79. The number of carbonyl (C=O) groups is 2. The van der Waals surface area contributed by atoms with Gasteiger partial charge in [-0.2, -0.15) is 0 Å². The first-order valence-corrected chi connectivity index (χ1v) is 11.0. The standard InChI is InChI=1S/C29H27NO3/c1-17-6-10-22(11-7-17)28(31)21(5)33-29(32)25-16-27(23-12-9-19(3)20(4)15-23)30-26-13-8-18(2)14-24(25)26/h6-16,21H,1-5H3/t21-/m1/s1. The zero-order valence-electron chi connectivity index (χ0n) is 19.6. The van der Waals surface area contributed by atoms with Gasteiger partial charge in [0, 0.05) is 16.5 Å². The summed E-state index contributed by atoms with van der Waals surface area (Å²) in [5, 5.41) is 0.711. The van der Waals surface area contributed by atoms with Crippen molar-refractivity contribution in [2.75, 3.05) is 0 Å². The molecular weight excluding hydrogens is 410 g/mol. The minimum Gasteiger partial charge on any atom is -0.451 e. The Morgan fingerprint density at radius 1 is 0.788 bits per heavy atom. The van der Waals surface area contributed by atoms with Gasteiger partial charge in [-0.3, -0.25) is 4.79 Å². The van der Waals surface area contributed by atoms with Crippen molar-refractivity contribution < 1.29 is 14.3 Å². The van der Waals surface area contributed by atoms with Crippen LogP contribution in [0.5, 0.6) is 0 Å². The number of esters is 1. The van der Waals surface area contributed by atoms with Gasteiger partial charge in [0.25, 0.3) is 0 Å². The number of aromatic nitrogens is 1. The number of aryl methyl sites for hydroxylation is 4. The SMILES string of the molecule is Cc1ccc(C(=O)[C@@H](C)OC(=O)c2cc(-c3ccc(C)c(C)c3)nc3ccc(C)cc23)cc1. The molecule has 0 spiro atoms. The van der Waals surface area contributed by atoms with Gasteiger partial charge in [0.05, 0.1) is 16.8 Å². The summed E-state index contributed by atoms with van der Waals surface area (Å²) < 4.78 is 5.65. The van der Waals surface area contributed by atoms with Crippen molar-refractivity contribution in [1.29, 1.82) is 0 Å². The largest absolute Gasteiger partial charge is 0.451 e. The maximum absolute atomic E-state index is 13.3. The molecule has 0 aliphatic heterocycles. The van der Waals surface area contributed by atoms with Crippen molar-refractivity contribution in [2.45, 2.75) is 40.7 Å². The van der Waals surface area contributed by atoms with Gasteiger partial charge in [0.1, 0.15) is 0 Å². The lowest BCUT2D eigenvalue weighted by Crippen LogP contribution is -2.24. The van der Waals surface area contributed by atoms with Crippen LogP contribution in [0.1, 0.15) is 49.9 Å². The van der Waals surface area contributed by atoms with Crippen LogP contribution in [-0.4, -0.2) is 22.8 Å². The Balaban J connectivity index is 1.72. The third kappa shape index (κ3) is 4.70. The second kappa shape index (κ2) is 8.99. The van der Waals surface area contributed by atoms with Crippen LogP contribution in [0, 0.1) is 27.7 Å². The second-order valence-corrected chi connectivity index (χ2v) is 8.65. The fraction of sp³-hybridized carbons (Fsp3) is 0.207. The number of Topliss-reactive ketones (excluding diaryl/α,β-unsaturated/α-hetero) is 1. The van der Waals surface area contributed by atoms with E-state index in [9.17, 15) is 9.59 Å². The summed E-state index contributed by atoms with van der Waals surface area (Å²) in [4.78, 5) is 30.9. The van der Waals surface area contributed by atoms with Crippen molar-refractivity contribution >= 4 is 22.7 Å². The van der Waals surface area contributed by atoms with E-state index in [1.165, 1.54) is 5.56 Å². The summed E-state index contributed by atoms with van der Waals surface area (Å²) in [6.07, 6.45) is -0.904. The Kier molecular flexibility index (Phi) is 6.10. The number of pyridine rings is 1. The zero-order chi connectivity index (χ0) is 23.7. The maximum Gasteiger partial charge on any atom is 0.339 e. The molecule has 0 bridgehead atoms. The Bertz CT molecular complexity index is 1370. The number of ketones is 1. The number of ether oxygens (including phenoxy) is 1. The smallest absolute Gasteiger partial charge is 0.339 e. The molecule has 4 aromatic rings. The van der Waals surface area contributed by atoms with Gasteiger partial charge >= 0.3 is 5.97 Å². The summed E-state index contributed by atoms with van der Waals surface area (Å²) in [6.45, 7) is 9.65. The van der Waals surface area contributed by atoms with E-state index in [0.717, 1.165) is 22.3 Å². The summed E-state index contributed by atoms with van der Waals surface area (Å²) in [5.74, 6) is -0.765. The summed E-state index contributed by atoms with van der Waals surface area (Å²) in [5.41, 5.74) is 7.68. The highest BCUT2D eigenvalue weighted by atomic mass is 16.5. The molecule has 0 saturated heterocycles. The Morgan fingerprint density at radius 3 is 2.18 bits per heavy atom. The molecule has 4 heteroatoms. The number of rotatable bonds is 5. The minimum atomic E-state index is -0.904. The van der Waals surface area contributed by atoms with E-state index in [1.807, 2.05) is 56.3 Å². The number of hydrogen-bond acceptors (Lipinski definition) is 4. The van der Waals surface area contributed by atoms with E-state index in [-0.39, 0.29) is 5.78 Å². The van der Waals surface area contributed by atoms with Gasteiger partial charge in [-0.15, -0.1) is 0 Å². The van der Waals surface area contributed by atoms with Crippen LogP contribution in [0.2, 0.25) is 0 Å². The molecule has 0 radical (unpaired) electrons. The first-order chi connectivity index (χ1) is 15.7. The van der Waals surface area contributed by atoms with Gasteiger partial charge in [-0.25, -0.2) is 9.78 Å². The lowest BCUT2D eigenvalue weighted by atomic mass is 10.00. The fourth-order valence-corrected chi connectivity index (χ4v) is 3.79. The molecule has 1 aromatic heterocycles. The van der Waals surface area contributed by atoms with E-state index in [0.29, 0.717) is 27.7 Å². The number of fused-ring (bicyclic) bond motifs is 1. The van der Waals surface area contributed by atoms with E-state index in [1.54, 1.807) is 25.1 Å². The molecule has 33 heavy (non-hydrogen) atoms. The third-order valence-electron chi connectivity index (χ3n) is 5.98. The minimum absolute atomic E-state index is 0.229. The highest BCUT2D eigenvalue weighted by Crippen LogP contribution is 2.28. The molecular formula is C29H27NO3. The maximum atomic E-state index is 13.3. The molecule has 4 rings (SSSR count). The van der Waals surface area contributed by atoms with Crippen LogP contribution in [0.3, 0.4) is 0 Å². The van der Waals surface area contributed by atoms with E-state index >= 15 is 0 Å². The zero-order valence-corrected chi connectivity index (χ0v) is 19.6. The van der Waals surface area contributed by atoms with Gasteiger partial charge in [0.15, 0.2) is 6.10 Å². The monoisotopic (exact) mass is 437 g/mol. The topological polar surface area (TPSA) is 56.3 Å². The molecule has 1 heterocycles. The van der Waals surface area contributed by atoms with Crippen molar-refractivity contribution in [3.63, 3.8) is 0 Å². The number of benzene rings is 3. The van der Waals surface area contributed by atoms with Crippen molar-refractivity contribution in [1.82, 2.24) is 4.98 Å². The molecule has 0 saturated carbocycles. The van der Waals surface area contributed by atoms with E-state index in [4.69, 9.17) is 9.72 Å². The first kappa shape index (κ1) is 22.4. The van der Waals surface area contributed by atoms with E-state index < -0.39 is 12.1 Å². The normalized spacial score (nSPS) is 11.9. The molecule has 166 valence electrons. The molecule has 0 aliphatic rings. The van der Waals surface area contributed by atoms with Gasteiger partial charge in [-0.05, 0) is 70.0 Å². The van der Waals surface area contributed by atoms with Gasteiger partial charge in [-0.1, -0.05) is 53.6 Å². The van der Waals surface area contributed by atoms with Crippen LogP contribution in [0.25, 0.3) is 22.2 Å².